The van der Waals surface area contributed by atoms with E-state index in [1.165, 1.54) is 5.56 Å². The van der Waals surface area contributed by atoms with Crippen molar-refractivity contribution >= 4 is 17.0 Å². The lowest BCUT2D eigenvalue weighted by Gasteiger charge is -2.24. The molecule has 0 saturated heterocycles. The Morgan fingerprint density at radius 3 is 2.71 bits per heavy atom. The van der Waals surface area contributed by atoms with E-state index in [1.54, 1.807) is 0 Å². The van der Waals surface area contributed by atoms with Gasteiger partial charge in [-0.2, -0.15) is 0 Å². The van der Waals surface area contributed by atoms with E-state index in [-0.39, 0.29) is 5.41 Å². The van der Waals surface area contributed by atoms with Crippen molar-refractivity contribution < 1.29 is 0 Å². The highest BCUT2D eigenvalue weighted by atomic mass is 15.2. The van der Waals surface area contributed by atoms with Gasteiger partial charge in [-0.1, -0.05) is 26.8 Å². The molecule has 2 aromatic rings. The molecule has 2 rings (SSSR count). The molecule has 1 heterocycles. The lowest BCUT2D eigenvalue weighted by atomic mass is 9.90. The van der Waals surface area contributed by atoms with Gasteiger partial charge in [-0.05, 0) is 36.5 Å². The lowest BCUT2D eigenvalue weighted by molar-refractivity contribution is 0.300. The molecule has 1 aromatic carbocycles. The number of rotatable bonds is 3. The molecular formula is C14H21N3. The van der Waals surface area contributed by atoms with Gasteiger partial charge in [0.1, 0.15) is 0 Å². The quantitative estimate of drug-likeness (QED) is 0.880. The minimum absolute atomic E-state index is 0.242. The number of hydrogen-bond donors (Lipinski definition) is 1. The van der Waals surface area contributed by atoms with Gasteiger partial charge in [-0.15, -0.1) is 0 Å². The summed E-state index contributed by atoms with van der Waals surface area (Å²) >= 11 is 0. The first-order valence-corrected chi connectivity index (χ1v) is 6.15. The third-order valence-corrected chi connectivity index (χ3v) is 3.48. The number of fused-ring (bicyclic) bond motifs is 1. The number of aromatic nitrogens is 2. The normalized spacial score (nSPS) is 12.2. The van der Waals surface area contributed by atoms with Crippen LogP contribution in [0.1, 0.15) is 32.8 Å². The molecule has 17 heavy (non-hydrogen) atoms. The fourth-order valence-corrected chi connectivity index (χ4v) is 1.96. The first kappa shape index (κ1) is 12.0. The van der Waals surface area contributed by atoms with Crippen molar-refractivity contribution in [2.75, 3.05) is 5.73 Å². The average molecular weight is 231 g/mol. The van der Waals surface area contributed by atoms with Crippen LogP contribution in [0.5, 0.6) is 0 Å². The summed E-state index contributed by atoms with van der Waals surface area (Å²) < 4.78 is 2.13. The van der Waals surface area contributed by atoms with Crippen molar-refractivity contribution in [3.8, 4) is 0 Å². The first-order valence-electron chi connectivity index (χ1n) is 6.15. The Labute approximate surface area is 103 Å². The standard InChI is InChI=1S/C14H21N3/c1-5-14(3,4)9-17-12-8-10(2)6-7-11(12)16-13(17)15/h6-8H,5,9H2,1-4H3,(H2,15,16). The molecule has 92 valence electrons. The van der Waals surface area contributed by atoms with Crippen molar-refractivity contribution in [3.05, 3.63) is 23.8 Å². The maximum atomic E-state index is 6.02. The van der Waals surface area contributed by atoms with Crippen LogP contribution < -0.4 is 5.73 Å². The van der Waals surface area contributed by atoms with Crippen molar-refractivity contribution in [1.29, 1.82) is 0 Å². The van der Waals surface area contributed by atoms with E-state index in [9.17, 15) is 0 Å². The summed E-state index contributed by atoms with van der Waals surface area (Å²) in [4.78, 5) is 4.41. The molecule has 2 N–H and O–H groups in total. The number of nitrogen functional groups attached to an aromatic ring is 1. The molecule has 0 aliphatic carbocycles. The highest BCUT2D eigenvalue weighted by Crippen LogP contribution is 2.27. The fraction of sp³-hybridized carbons (Fsp3) is 0.500. The molecule has 0 amide bonds. The van der Waals surface area contributed by atoms with Crippen LogP contribution in [-0.2, 0) is 6.54 Å². The summed E-state index contributed by atoms with van der Waals surface area (Å²) in [7, 11) is 0. The van der Waals surface area contributed by atoms with Crippen LogP contribution in [-0.4, -0.2) is 9.55 Å². The van der Waals surface area contributed by atoms with Crippen molar-refractivity contribution in [2.24, 2.45) is 5.41 Å². The maximum absolute atomic E-state index is 6.02. The van der Waals surface area contributed by atoms with E-state index in [0.29, 0.717) is 5.95 Å². The molecular weight excluding hydrogens is 210 g/mol. The molecule has 0 radical (unpaired) electrons. The fourth-order valence-electron chi connectivity index (χ4n) is 1.96. The summed E-state index contributed by atoms with van der Waals surface area (Å²) in [5.74, 6) is 0.618. The zero-order valence-corrected chi connectivity index (χ0v) is 11.1. The summed E-state index contributed by atoms with van der Waals surface area (Å²) in [6.45, 7) is 9.73. The molecule has 0 atom stereocenters. The molecule has 0 fully saturated rings. The van der Waals surface area contributed by atoms with Gasteiger partial charge in [-0.25, -0.2) is 4.98 Å². The Morgan fingerprint density at radius 2 is 2.06 bits per heavy atom. The van der Waals surface area contributed by atoms with Crippen LogP contribution in [0.3, 0.4) is 0 Å². The van der Waals surface area contributed by atoms with E-state index in [2.05, 4.69) is 49.4 Å². The monoisotopic (exact) mass is 231 g/mol. The molecule has 3 nitrogen and oxygen atoms in total. The summed E-state index contributed by atoms with van der Waals surface area (Å²) in [5, 5.41) is 0. The predicted octanol–water partition coefficient (Wildman–Crippen LogP) is 3.36. The Morgan fingerprint density at radius 1 is 1.35 bits per heavy atom. The van der Waals surface area contributed by atoms with Gasteiger partial charge in [0.05, 0.1) is 11.0 Å². The van der Waals surface area contributed by atoms with Gasteiger partial charge in [0, 0.05) is 6.54 Å². The second kappa shape index (κ2) is 4.06. The lowest BCUT2D eigenvalue weighted by Crippen LogP contribution is -2.19. The summed E-state index contributed by atoms with van der Waals surface area (Å²) in [5.41, 5.74) is 9.63. The molecule has 0 aliphatic heterocycles. The van der Waals surface area contributed by atoms with Gasteiger partial charge in [0.2, 0.25) is 5.95 Å². The number of benzene rings is 1. The molecule has 0 aliphatic rings. The van der Waals surface area contributed by atoms with Crippen LogP contribution in [0.25, 0.3) is 11.0 Å². The smallest absolute Gasteiger partial charge is 0.201 e. The van der Waals surface area contributed by atoms with Crippen molar-refractivity contribution in [3.63, 3.8) is 0 Å². The SMILES string of the molecule is CCC(C)(C)Cn1c(N)nc2ccc(C)cc21. The highest BCUT2D eigenvalue weighted by Gasteiger charge is 2.19. The Kier molecular flexibility index (Phi) is 2.86. The van der Waals surface area contributed by atoms with Gasteiger partial charge in [0.25, 0.3) is 0 Å². The maximum Gasteiger partial charge on any atom is 0.201 e. The van der Waals surface area contributed by atoms with Crippen LogP contribution in [0.2, 0.25) is 0 Å². The van der Waals surface area contributed by atoms with Crippen molar-refractivity contribution in [1.82, 2.24) is 9.55 Å². The number of hydrogen-bond acceptors (Lipinski definition) is 2. The Balaban J connectivity index is 2.52. The largest absolute Gasteiger partial charge is 0.369 e. The van der Waals surface area contributed by atoms with Crippen LogP contribution >= 0.6 is 0 Å². The molecule has 3 heteroatoms. The highest BCUT2D eigenvalue weighted by molar-refractivity contribution is 5.79. The van der Waals surface area contributed by atoms with E-state index in [4.69, 9.17) is 5.73 Å². The second-order valence-electron chi connectivity index (χ2n) is 5.57. The number of aryl methyl sites for hydroxylation is 1. The van der Waals surface area contributed by atoms with Crippen LogP contribution in [0.4, 0.5) is 5.95 Å². The van der Waals surface area contributed by atoms with Gasteiger partial charge in [-0.3, -0.25) is 0 Å². The molecule has 0 unspecified atom stereocenters. The van der Waals surface area contributed by atoms with Gasteiger partial charge >= 0.3 is 0 Å². The first-order chi connectivity index (χ1) is 7.93. The minimum atomic E-state index is 0.242. The Hall–Kier alpha value is -1.51. The second-order valence-corrected chi connectivity index (χ2v) is 5.57. The van der Waals surface area contributed by atoms with E-state index >= 15 is 0 Å². The molecule has 0 saturated carbocycles. The number of nitrogens with two attached hydrogens (primary N) is 1. The summed E-state index contributed by atoms with van der Waals surface area (Å²) in [6.07, 6.45) is 1.12. The number of imidazole rings is 1. The van der Waals surface area contributed by atoms with E-state index in [0.717, 1.165) is 24.0 Å². The minimum Gasteiger partial charge on any atom is -0.369 e. The van der Waals surface area contributed by atoms with Crippen LogP contribution in [0, 0.1) is 12.3 Å². The average Bonchev–Trinajstić information content (AvgIpc) is 2.56. The van der Waals surface area contributed by atoms with Crippen molar-refractivity contribution in [2.45, 2.75) is 40.7 Å². The molecule has 0 spiro atoms. The third kappa shape index (κ3) is 2.28. The third-order valence-electron chi connectivity index (χ3n) is 3.48. The molecule has 1 aromatic heterocycles. The zero-order valence-electron chi connectivity index (χ0n) is 11.1. The zero-order chi connectivity index (χ0) is 12.6. The summed E-state index contributed by atoms with van der Waals surface area (Å²) in [6, 6.07) is 6.27. The van der Waals surface area contributed by atoms with E-state index < -0.39 is 0 Å². The van der Waals surface area contributed by atoms with Gasteiger partial charge in [0.15, 0.2) is 0 Å². The van der Waals surface area contributed by atoms with E-state index in [1.807, 2.05) is 6.07 Å². The number of nitrogens with zero attached hydrogens (tertiary/aromatic N) is 2. The number of anilines is 1. The van der Waals surface area contributed by atoms with Crippen LogP contribution in [0.15, 0.2) is 18.2 Å². The molecule has 0 bridgehead atoms. The Bertz CT molecular complexity index is 538. The van der Waals surface area contributed by atoms with Gasteiger partial charge < -0.3 is 10.3 Å². The predicted molar refractivity (Wildman–Crippen MR) is 73.0 cm³/mol. The topological polar surface area (TPSA) is 43.8 Å².